The van der Waals surface area contributed by atoms with E-state index in [0.717, 1.165) is 0 Å². The van der Waals surface area contributed by atoms with Crippen LogP contribution in [0.3, 0.4) is 0 Å². The topological polar surface area (TPSA) is 35.5 Å². The standard InChI is InChI=1S/C22H36O3Si/c1-21(2,3)20(23)24-16-11-12-17(25-26(7,8)22(4,5)6)19-15-10-9-14(13-15)18(16)19/h9-12,14-19H,13H2,1-8H3/t14-,15+,16+,17-,18+,19-/m1/s1. The highest BCUT2D eigenvalue weighted by Crippen LogP contribution is 2.55. The largest absolute Gasteiger partial charge is 0.457 e. The van der Waals surface area contributed by atoms with Crippen LogP contribution in [0.4, 0.5) is 0 Å². The third kappa shape index (κ3) is 3.47. The molecule has 4 heteroatoms. The lowest BCUT2D eigenvalue weighted by molar-refractivity contribution is -0.161. The summed E-state index contributed by atoms with van der Waals surface area (Å²) in [5.74, 6) is 1.75. The quantitative estimate of drug-likeness (QED) is 0.379. The summed E-state index contributed by atoms with van der Waals surface area (Å²) in [6.07, 6.45) is 10.2. The Labute approximate surface area is 160 Å². The molecule has 0 radical (unpaired) electrons. The average molecular weight is 377 g/mol. The molecule has 0 saturated heterocycles. The van der Waals surface area contributed by atoms with Gasteiger partial charge in [-0.15, -0.1) is 0 Å². The SMILES string of the molecule is CC(C)(C)C(=O)O[C@H]1C=C[C@@H](O[Si](C)(C)C(C)(C)C)[C@@H]2[C@H]1[C@@H]1C=C[C@H]2C1. The van der Waals surface area contributed by atoms with E-state index in [1.54, 1.807) is 0 Å². The molecule has 1 fully saturated rings. The summed E-state index contributed by atoms with van der Waals surface area (Å²) in [6.45, 7) is 17.3. The Bertz CT molecular complexity index is 620. The summed E-state index contributed by atoms with van der Waals surface area (Å²) >= 11 is 0. The first kappa shape index (κ1) is 19.9. The fraction of sp³-hybridized carbons (Fsp3) is 0.773. The first-order chi connectivity index (χ1) is 11.8. The van der Waals surface area contributed by atoms with Gasteiger partial charge >= 0.3 is 5.97 Å². The molecule has 2 bridgehead atoms. The van der Waals surface area contributed by atoms with E-state index in [1.165, 1.54) is 6.42 Å². The number of ether oxygens (including phenoxy) is 1. The van der Waals surface area contributed by atoms with Crippen LogP contribution in [0.25, 0.3) is 0 Å². The monoisotopic (exact) mass is 376 g/mol. The van der Waals surface area contributed by atoms with E-state index >= 15 is 0 Å². The molecule has 3 aliphatic rings. The highest BCUT2D eigenvalue weighted by atomic mass is 28.4. The van der Waals surface area contributed by atoms with Crippen LogP contribution in [-0.2, 0) is 14.0 Å². The highest BCUT2D eigenvalue weighted by molar-refractivity contribution is 6.74. The predicted molar refractivity (Wildman–Crippen MR) is 108 cm³/mol. The van der Waals surface area contributed by atoms with E-state index in [4.69, 9.17) is 9.16 Å². The van der Waals surface area contributed by atoms with Crippen LogP contribution in [0, 0.1) is 29.1 Å². The number of hydrogen-bond acceptors (Lipinski definition) is 3. The minimum atomic E-state index is -1.85. The number of esters is 1. The summed E-state index contributed by atoms with van der Waals surface area (Å²) in [5, 5.41) is 0.194. The molecule has 3 nitrogen and oxygen atoms in total. The van der Waals surface area contributed by atoms with Gasteiger partial charge in [-0.2, -0.15) is 0 Å². The van der Waals surface area contributed by atoms with Crippen molar-refractivity contribution in [2.24, 2.45) is 29.1 Å². The predicted octanol–water partition coefficient (Wildman–Crippen LogP) is 5.34. The van der Waals surface area contributed by atoms with E-state index in [9.17, 15) is 4.79 Å². The van der Waals surface area contributed by atoms with E-state index in [-0.39, 0.29) is 23.2 Å². The van der Waals surface area contributed by atoms with Gasteiger partial charge in [-0.1, -0.05) is 39.0 Å². The smallest absolute Gasteiger partial charge is 0.311 e. The summed E-state index contributed by atoms with van der Waals surface area (Å²) in [7, 11) is -1.85. The summed E-state index contributed by atoms with van der Waals surface area (Å²) in [5.41, 5.74) is -0.467. The number of carbonyl (C=O) groups is 1. The molecule has 0 aromatic carbocycles. The van der Waals surface area contributed by atoms with Crippen LogP contribution >= 0.6 is 0 Å². The van der Waals surface area contributed by atoms with Crippen molar-refractivity contribution in [1.82, 2.24) is 0 Å². The molecule has 0 amide bonds. The molecule has 0 aromatic rings. The second-order valence-electron chi connectivity index (χ2n) is 11.0. The first-order valence-corrected chi connectivity index (χ1v) is 13.0. The third-order valence-electron chi connectivity index (χ3n) is 6.92. The molecule has 0 unspecified atom stereocenters. The maximum Gasteiger partial charge on any atom is 0.311 e. The molecule has 3 rings (SSSR count). The van der Waals surface area contributed by atoms with Gasteiger partial charge in [0, 0.05) is 11.8 Å². The van der Waals surface area contributed by atoms with Crippen molar-refractivity contribution in [3.63, 3.8) is 0 Å². The van der Waals surface area contributed by atoms with E-state index in [2.05, 4.69) is 58.2 Å². The van der Waals surface area contributed by atoms with Crippen LogP contribution in [0.1, 0.15) is 48.0 Å². The molecule has 0 aromatic heterocycles. The molecule has 146 valence electrons. The third-order valence-corrected chi connectivity index (χ3v) is 11.4. The Morgan fingerprint density at radius 1 is 0.885 bits per heavy atom. The number of hydrogen-bond donors (Lipinski definition) is 0. The van der Waals surface area contributed by atoms with Crippen LogP contribution < -0.4 is 0 Å². The Morgan fingerprint density at radius 2 is 1.38 bits per heavy atom. The highest BCUT2D eigenvalue weighted by Gasteiger charge is 2.54. The second-order valence-corrected chi connectivity index (χ2v) is 15.7. The van der Waals surface area contributed by atoms with Gasteiger partial charge in [0.2, 0.25) is 0 Å². The second kappa shape index (κ2) is 6.34. The normalized spacial score (nSPS) is 36.3. The number of allylic oxidation sites excluding steroid dienone is 2. The molecule has 0 aliphatic heterocycles. The lowest BCUT2D eigenvalue weighted by atomic mass is 9.73. The molecule has 3 aliphatic carbocycles. The Hall–Kier alpha value is -0.873. The Morgan fingerprint density at radius 3 is 1.88 bits per heavy atom. The summed E-state index contributed by atoms with van der Waals surface area (Å²) in [4.78, 5) is 12.5. The summed E-state index contributed by atoms with van der Waals surface area (Å²) < 4.78 is 12.8. The van der Waals surface area contributed by atoms with Crippen molar-refractivity contribution >= 4 is 14.3 Å². The molecule has 0 N–H and O–H groups in total. The van der Waals surface area contributed by atoms with Crippen molar-refractivity contribution in [3.8, 4) is 0 Å². The van der Waals surface area contributed by atoms with Crippen LogP contribution in [0.2, 0.25) is 18.1 Å². The number of rotatable bonds is 3. The number of fused-ring (bicyclic) bond motifs is 5. The summed E-state index contributed by atoms with van der Waals surface area (Å²) in [6, 6.07) is 0. The van der Waals surface area contributed by atoms with Crippen molar-refractivity contribution in [2.75, 3.05) is 0 Å². The van der Waals surface area contributed by atoms with Gasteiger partial charge < -0.3 is 9.16 Å². The molecule has 0 spiro atoms. The molecular weight excluding hydrogens is 340 g/mol. The van der Waals surface area contributed by atoms with Crippen molar-refractivity contribution in [2.45, 2.75) is 78.3 Å². The molecule has 26 heavy (non-hydrogen) atoms. The maximum absolute atomic E-state index is 12.5. The van der Waals surface area contributed by atoms with Crippen molar-refractivity contribution < 1.29 is 14.0 Å². The average Bonchev–Trinajstić information content (AvgIpc) is 3.08. The minimum Gasteiger partial charge on any atom is -0.457 e. The van der Waals surface area contributed by atoms with E-state index in [1.807, 2.05) is 20.8 Å². The fourth-order valence-electron chi connectivity index (χ4n) is 4.35. The van der Waals surface area contributed by atoms with Crippen LogP contribution in [0.5, 0.6) is 0 Å². The molecule has 6 atom stereocenters. The zero-order valence-corrected chi connectivity index (χ0v) is 18.7. The maximum atomic E-state index is 12.5. The molecular formula is C22H36O3Si. The zero-order chi connectivity index (χ0) is 19.5. The van der Waals surface area contributed by atoms with Gasteiger partial charge in [0.15, 0.2) is 8.32 Å². The fourth-order valence-corrected chi connectivity index (χ4v) is 5.62. The Kier molecular flexibility index (Phi) is 4.84. The Balaban J connectivity index is 1.84. The van der Waals surface area contributed by atoms with Gasteiger partial charge in [-0.25, -0.2) is 0 Å². The van der Waals surface area contributed by atoms with Gasteiger partial charge in [-0.05, 0) is 63.2 Å². The van der Waals surface area contributed by atoms with Crippen LogP contribution in [0.15, 0.2) is 24.3 Å². The van der Waals surface area contributed by atoms with Gasteiger partial charge in [0.1, 0.15) is 6.10 Å². The van der Waals surface area contributed by atoms with Gasteiger partial charge in [0.05, 0.1) is 11.5 Å². The number of carbonyl (C=O) groups excluding carboxylic acids is 1. The lowest BCUT2D eigenvalue weighted by Gasteiger charge is -2.45. The zero-order valence-electron chi connectivity index (χ0n) is 17.7. The molecule has 0 heterocycles. The van der Waals surface area contributed by atoms with E-state index in [0.29, 0.717) is 23.7 Å². The lowest BCUT2D eigenvalue weighted by Crippen LogP contribution is -2.50. The minimum absolute atomic E-state index is 0.110. The van der Waals surface area contributed by atoms with Crippen LogP contribution in [-0.4, -0.2) is 26.5 Å². The van der Waals surface area contributed by atoms with Crippen molar-refractivity contribution in [1.29, 1.82) is 0 Å². The van der Waals surface area contributed by atoms with E-state index < -0.39 is 13.7 Å². The van der Waals surface area contributed by atoms with Gasteiger partial charge in [0.25, 0.3) is 0 Å². The van der Waals surface area contributed by atoms with Crippen molar-refractivity contribution in [3.05, 3.63) is 24.3 Å². The van der Waals surface area contributed by atoms with Gasteiger partial charge in [-0.3, -0.25) is 4.79 Å². The molecule has 1 saturated carbocycles. The first-order valence-electron chi connectivity index (χ1n) is 10.1.